The number of hydrogen-bond acceptors (Lipinski definition) is 8. The van der Waals surface area contributed by atoms with Crippen LogP contribution in [0.3, 0.4) is 0 Å². The largest absolute Gasteiger partial charge is 0.493 e. The van der Waals surface area contributed by atoms with Crippen molar-refractivity contribution in [3.8, 4) is 17.2 Å². The molecule has 9 nitrogen and oxygen atoms in total. The summed E-state index contributed by atoms with van der Waals surface area (Å²) in [6.07, 6.45) is 0. The minimum Gasteiger partial charge on any atom is -0.493 e. The first kappa shape index (κ1) is 23.0. The summed E-state index contributed by atoms with van der Waals surface area (Å²) in [5, 5.41) is 12.5. The van der Waals surface area contributed by atoms with Crippen LogP contribution >= 0.6 is 11.3 Å². The van der Waals surface area contributed by atoms with Gasteiger partial charge in [-0.25, -0.2) is 4.98 Å². The lowest BCUT2D eigenvalue weighted by molar-refractivity contribution is -0.386. The lowest BCUT2D eigenvalue weighted by Crippen LogP contribution is -2.27. The molecule has 0 aliphatic rings. The van der Waals surface area contributed by atoms with E-state index in [9.17, 15) is 14.9 Å². The number of methoxy groups -OCH3 is 3. The predicted molar refractivity (Wildman–Crippen MR) is 130 cm³/mol. The van der Waals surface area contributed by atoms with Crippen molar-refractivity contribution in [2.75, 3.05) is 26.2 Å². The maximum Gasteiger partial charge on any atom is 0.327 e. The van der Waals surface area contributed by atoms with Gasteiger partial charge in [0.15, 0.2) is 10.9 Å². The molecular formula is C24H21N3O6S. The maximum atomic E-state index is 14.1. The summed E-state index contributed by atoms with van der Waals surface area (Å²) in [5.74, 6) is -0.707. The number of aryl methyl sites for hydroxylation is 1. The zero-order chi connectivity index (χ0) is 24.4. The number of nitro benzene ring substituents is 1. The van der Waals surface area contributed by atoms with Crippen molar-refractivity contribution in [1.82, 2.24) is 4.98 Å². The van der Waals surface area contributed by atoms with E-state index >= 15 is 0 Å². The van der Waals surface area contributed by atoms with Crippen molar-refractivity contribution in [2.24, 2.45) is 0 Å². The molecule has 34 heavy (non-hydrogen) atoms. The molecular weight excluding hydrogens is 458 g/mol. The van der Waals surface area contributed by atoms with Gasteiger partial charge < -0.3 is 14.2 Å². The lowest BCUT2D eigenvalue weighted by atomic mass is 10.1. The third kappa shape index (κ3) is 3.88. The van der Waals surface area contributed by atoms with Gasteiger partial charge in [0, 0.05) is 6.07 Å². The second kappa shape index (κ2) is 9.36. The van der Waals surface area contributed by atoms with Gasteiger partial charge in [-0.05, 0) is 30.7 Å². The van der Waals surface area contributed by atoms with Gasteiger partial charge >= 0.3 is 5.69 Å². The summed E-state index contributed by atoms with van der Waals surface area (Å²) in [7, 11) is 3.99. The van der Waals surface area contributed by atoms with E-state index in [1.807, 2.05) is 43.3 Å². The number of hydrogen-bond donors (Lipinski definition) is 0. The molecule has 0 radical (unpaired) electrons. The Morgan fingerprint density at radius 2 is 1.68 bits per heavy atom. The van der Waals surface area contributed by atoms with Crippen molar-refractivity contribution in [2.45, 2.75) is 6.92 Å². The first-order chi connectivity index (χ1) is 16.4. The molecule has 4 aromatic rings. The average molecular weight is 480 g/mol. The van der Waals surface area contributed by atoms with Gasteiger partial charge in [-0.15, -0.1) is 0 Å². The van der Waals surface area contributed by atoms with Crippen molar-refractivity contribution in [3.63, 3.8) is 0 Å². The quantitative estimate of drug-likeness (QED) is 0.254. The Labute approximate surface area is 199 Å². The van der Waals surface area contributed by atoms with Crippen LogP contribution in [0.15, 0.2) is 54.6 Å². The second-order valence-electron chi connectivity index (χ2n) is 7.19. The number of amides is 1. The van der Waals surface area contributed by atoms with Crippen LogP contribution in [-0.2, 0) is 0 Å². The highest BCUT2D eigenvalue weighted by Crippen LogP contribution is 2.47. The first-order valence-electron chi connectivity index (χ1n) is 10.1. The fourth-order valence-electron chi connectivity index (χ4n) is 3.68. The highest BCUT2D eigenvalue weighted by atomic mass is 32.1. The Kier molecular flexibility index (Phi) is 6.33. The Balaban J connectivity index is 2.01. The van der Waals surface area contributed by atoms with E-state index in [-0.39, 0.29) is 22.8 Å². The fraction of sp³-hybridized carbons (Fsp3) is 0.167. The van der Waals surface area contributed by atoms with E-state index in [0.717, 1.165) is 10.3 Å². The number of para-hydroxylation sites is 2. The molecule has 0 aliphatic heterocycles. The smallest absolute Gasteiger partial charge is 0.327 e. The molecule has 0 unspecified atom stereocenters. The average Bonchev–Trinajstić information content (AvgIpc) is 3.27. The number of ether oxygens (including phenoxy) is 3. The lowest BCUT2D eigenvalue weighted by Gasteiger charge is -2.23. The second-order valence-corrected chi connectivity index (χ2v) is 8.20. The van der Waals surface area contributed by atoms with Gasteiger partial charge in [0.2, 0.25) is 11.5 Å². The van der Waals surface area contributed by atoms with Gasteiger partial charge in [-0.3, -0.25) is 19.8 Å². The van der Waals surface area contributed by atoms with Crippen LogP contribution in [0.5, 0.6) is 17.2 Å². The number of fused-ring (bicyclic) bond motifs is 1. The molecule has 1 amide bonds. The SMILES string of the molecule is COc1cc(C(=O)N(c2nc3ccccc3s2)c2ccccc2C)c([N+](=O)[O-])c(OC)c1OC. The van der Waals surface area contributed by atoms with E-state index < -0.39 is 16.5 Å². The molecule has 1 heterocycles. The van der Waals surface area contributed by atoms with Crippen LogP contribution in [0.2, 0.25) is 0 Å². The molecule has 174 valence electrons. The van der Waals surface area contributed by atoms with Crippen LogP contribution in [-0.4, -0.2) is 37.1 Å². The molecule has 0 atom stereocenters. The minimum absolute atomic E-state index is 0.0238. The first-order valence-corrected chi connectivity index (χ1v) is 11.0. The van der Waals surface area contributed by atoms with E-state index in [2.05, 4.69) is 4.98 Å². The van der Waals surface area contributed by atoms with Crippen molar-refractivity contribution in [3.05, 3.63) is 75.8 Å². The molecule has 1 aromatic heterocycles. The van der Waals surface area contributed by atoms with E-state index in [1.165, 1.54) is 43.6 Å². The molecule has 0 aliphatic carbocycles. The summed E-state index contributed by atoms with van der Waals surface area (Å²) < 4.78 is 16.8. The van der Waals surface area contributed by atoms with Gasteiger partial charge in [-0.2, -0.15) is 0 Å². The monoisotopic (exact) mass is 479 g/mol. The molecule has 0 saturated heterocycles. The highest BCUT2D eigenvalue weighted by Gasteiger charge is 2.36. The van der Waals surface area contributed by atoms with E-state index in [4.69, 9.17) is 14.2 Å². The van der Waals surface area contributed by atoms with Crippen LogP contribution in [0.1, 0.15) is 15.9 Å². The van der Waals surface area contributed by atoms with Crippen LogP contribution in [0, 0.1) is 17.0 Å². The zero-order valence-electron chi connectivity index (χ0n) is 18.9. The summed E-state index contributed by atoms with van der Waals surface area (Å²) in [4.78, 5) is 31.6. The molecule has 0 fully saturated rings. The standard InChI is InChI=1S/C24H21N3O6S/c1-14-9-5-7-11-17(14)26(24-25-16-10-6-8-12-19(16)34-24)23(28)15-13-18(31-2)21(32-3)22(33-4)20(15)27(29)30/h5-13H,1-4H3. The predicted octanol–water partition coefficient (Wildman–Crippen LogP) is 5.52. The third-order valence-corrected chi connectivity index (χ3v) is 6.27. The number of aromatic nitrogens is 1. The van der Waals surface area contributed by atoms with Gasteiger partial charge in [0.25, 0.3) is 5.91 Å². The fourth-order valence-corrected chi connectivity index (χ4v) is 4.65. The maximum absolute atomic E-state index is 14.1. The highest BCUT2D eigenvalue weighted by molar-refractivity contribution is 7.22. The number of thiazole rings is 1. The Bertz CT molecular complexity index is 1370. The van der Waals surface area contributed by atoms with E-state index in [1.54, 1.807) is 12.1 Å². The molecule has 0 bridgehead atoms. The van der Waals surface area contributed by atoms with Crippen molar-refractivity contribution >= 4 is 44.0 Å². The Hall–Kier alpha value is -4.18. The number of nitro groups is 1. The van der Waals surface area contributed by atoms with E-state index in [0.29, 0.717) is 16.3 Å². The van der Waals surface area contributed by atoms with Crippen molar-refractivity contribution < 1.29 is 23.9 Å². The number of carbonyl (C=O) groups is 1. The number of rotatable bonds is 7. The van der Waals surface area contributed by atoms with Crippen LogP contribution in [0.4, 0.5) is 16.5 Å². The summed E-state index contributed by atoms with van der Waals surface area (Å²) in [6, 6.07) is 16.0. The summed E-state index contributed by atoms with van der Waals surface area (Å²) in [5.41, 5.74) is 1.32. The summed E-state index contributed by atoms with van der Waals surface area (Å²) >= 11 is 1.31. The molecule has 0 saturated carbocycles. The number of nitrogens with zero attached hydrogens (tertiary/aromatic N) is 3. The number of anilines is 2. The minimum atomic E-state index is -0.664. The van der Waals surface area contributed by atoms with Gasteiger partial charge in [-0.1, -0.05) is 41.7 Å². The Morgan fingerprint density at radius 3 is 2.29 bits per heavy atom. The molecule has 0 N–H and O–H groups in total. The molecule has 10 heteroatoms. The zero-order valence-corrected chi connectivity index (χ0v) is 19.7. The number of carbonyl (C=O) groups excluding carboxylic acids is 1. The van der Waals surface area contributed by atoms with Gasteiger partial charge in [0.05, 0.1) is 42.2 Å². The van der Waals surface area contributed by atoms with Crippen molar-refractivity contribution in [1.29, 1.82) is 0 Å². The number of benzene rings is 3. The Morgan fingerprint density at radius 1 is 1.00 bits per heavy atom. The van der Waals surface area contributed by atoms with Crippen LogP contribution < -0.4 is 19.1 Å². The third-order valence-electron chi connectivity index (χ3n) is 5.25. The molecule has 0 spiro atoms. The molecule has 3 aromatic carbocycles. The summed E-state index contributed by atoms with van der Waals surface area (Å²) in [6.45, 7) is 1.85. The molecule has 4 rings (SSSR count). The van der Waals surface area contributed by atoms with Gasteiger partial charge in [0.1, 0.15) is 5.56 Å². The van der Waals surface area contributed by atoms with Crippen LogP contribution in [0.25, 0.3) is 10.2 Å². The normalized spacial score (nSPS) is 10.7. The topological polar surface area (TPSA) is 104 Å².